The van der Waals surface area contributed by atoms with Crippen LogP contribution in [0.1, 0.15) is 32.1 Å². The van der Waals surface area contributed by atoms with Crippen LogP contribution in [0.2, 0.25) is 0 Å². The Morgan fingerprint density at radius 3 is 2.41 bits per heavy atom. The number of nitrogens with one attached hydrogen (secondary N) is 1. The molecule has 0 aliphatic carbocycles. The van der Waals surface area contributed by atoms with Gasteiger partial charge in [-0.05, 0) is 79.7 Å². The van der Waals surface area contributed by atoms with Crippen LogP contribution in [0, 0.1) is 0 Å². The van der Waals surface area contributed by atoms with Gasteiger partial charge in [0.15, 0.2) is 11.5 Å². The predicted octanol–water partition coefficient (Wildman–Crippen LogP) is 6.17. The first-order valence-corrected chi connectivity index (χ1v) is 13.3. The van der Waals surface area contributed by atoms with Crippen molar-refractivity contribution < 1.29 is 40.0 Å². The number of alkyl halides is 3. The molecule has 200 valence electrons. The van der Waals surface area contributed by atoms with Crippen LogP contribution >= 0.6 is 0 Å². The lowest BCUT2D eigenvalue weighted by Gasteiger charge is -2.17. The van der Waals surface area contributed by atoms with Crippen molar-refractivity contribution in [1.82, 2.24) is 5.32 Å². The van der Waals surface area contributed by atoms with Crippen LogP contribution in [-0.2, 0) is 10.1 Å². The van der Waals surface area contributed by atoms with Crippen molar-refractivity contribution in [2.75, 3.05) is 20.3 Å². The molecule has 1 aliphatic rings. The van der Waals surface area contributed by atoms with Gasteiger partial charge in [-0.15, -0.1) is 0 Å². The van der Waals surface area contributed by atoms with Gasteiger partial charge in [0.25, 0.3) is 0 Å². The monoisotopic (exact) mass is 539 g/mol. The van der Waals surface area contributed by atoms with Crippen molar-refractivity contribution >= 4 is 20.9 Å². The molecule has 1 unspecified atom stereocenters. The molecule has 1 aliphatic heterocycles. The largest absolute Gasteiger partial charge is 0.534 e. The molecule has 11 heteroatoms. The summed E-state index contributed by atoms with van der Waals surface area (Å²) in [6.07, 6.45) is 5.65. The number of hydrogen-bond acceptors (Lipinski definition) is 7. The predicted molar refractivity (Wildman–Crippen MR) is 133 cm³/mol. The average Bonchev–Trinajstić information content (AvgIpc) is 3.14. The van der Waals surface area contributed by atoms with Gasteiger partial charge in [-0.3, -0.25) is 0 Å². The summed E-state index contributed by atoms with van der Waals surface area (Å²) < 4.78 is 83.7. The Morgan fingerprint density at radius 2 is 1.68 bits per heavy atom. The summed E-state index contributed by atoms with van der Waals surface area (Å²) in [6, 6.07) is 14.3. The van der Waals surface area contributed by atoms with Gasteiger partial charge in [-0.2, -0.15) is 21.6 Å². The molecule has 1 heterocycles. The van der Waals surface area contributed by atoms with E-state index in [1.54, 1.807) is 42.5 Å². The molecule has 0 saturated carbocycles. The van der Waals surface area contributed by atoms with Crippen LogP contribution in [-0.4, -0.2) is 40.2 Å². The molecular weight excluding hydrogens is 511 g/mol. The zero-order chi connectivity index (χ0) is 26.5. The first kappa shape index (κ1) is 26.9. The highest BCUT2D eigenvalue weighted by molar-refractivity contribution is 7.88. The van der Waals surface area contributed by atoms with Gasteiger partial charge in [-0.1, -0.05) is 18.9 Å². The summed E-state index contributed by atoms with van der Waals surface area (Å²) >= 11 is 0. The van der Waals surface area contributed by atoms with Crippen molar-refractivity contribution in [1.29, 1.82) is 0 Å². The topological polar surface area (TPSA) is 83.1 Å². The molecule has 3 aromatic carbocycles. The first-order valence-electron chi connectivity index (χ1n) is 11.9. The minimum absolute atomic E-state index is 0.180. The number of benzene rings is 3. The van der Waals surface area contributed by atoms with Crippen molar-refractivity contribution in [3.63, 3.8) is 0 Å². The quantitative estimate of drug-likeness (QED) is 0.257. The van der Waals surface area contributed by atoms with Gasteiger partial charge in [0.1, 0.15) is 17.2 Å². The van der Waals surface area contributed by atoms with Gasteiger partial charge < -0.3 is 23.7 Å². The minimum atomic E-state index is -5.91. The Labute approximate surface area is 213 Å². The van der Waals surface area contributed by atoms with Crippen LogP contribution < -0.4 is 23.7 Å². The average molecular weight is 540 g/mol. The molecule has 0 amide bonds. The van der Waals surface area contributed by atoms with E-state index in [1.807, 2.05) is 0 Å². The number of halogens is 3. The third-order valence-corrected chi connectivity index (χ3v) is 7.03. The lowest BCUT2D eigenvalue weighted by Crippen LogP contribution is -2.29. The Kier molecular flexibility index (Phi) is 8.33. The van der Waals surface area contributed by atoms with Crippen LogP contribution in [0.4, 0.5) is 13.2 Å². The number of hydrogen-bond donors (Lipinski definition) is 1. The van der Waals surface area contributed by atoms with Crippen molar-refractivity contribution in [3.05, 3.63) is 54.6 Å². The molecule has 1 N–H and O–H groups in total. The van der Waals surface area contributed by atoms with Crippen LogP contribution in [0.5, 0.6) is 28.7 Å². The zero-order valence-electron chi connectivity index (χ0n) is 20.2. The summed E-state index contributed by atoms with van der Waals surface area (Å²) in [6.45, 7) is 1.56. The highest BCUT2D eigenvalue weighted by Crippen LogP contribution is 2.42. The van der Waals surface area contributed by atoms with Gasteiger partial charge in [-0.25, -0.2) is 0 Å². The maximum atomic E-state index is 13.0. The molecule has 0 radical (unpaired) electrons. The summed E-state index contributed by atoms with van der Waals surface area (Å²) in [5.74, 6) is 0.609. The van der Waals surface area contributed by atoms with Crippen LogP contribution in [0.3, 0.4) is 0 Å². The smallest absolute Gasteiger partial charge is 0.497 e. The Balaban J connectivity index is 1.53. The molecule has 3 aromatic rings. The lowest BCUT2D eigenvalue weighted by molar-refractivity contribution is -0.0500. The van der Waals surface area contributed by atoms with E-state index < -0.39 is 21.4 Å². The van der Waals surface area contributed by atoms with Crippen molar-refractivity contribution in [3.8, 4) is 28.7 Å². The van der Waals surface area contributed by atoms with Gasteiger partial charge >= 0.3 is 15.6 Å². The fourth-order valence-corrected chi connectivity index (χ4v) is 4.57. The van der Waals surface area contributed by atoms with Gasteiger partial charge in [0, 0.05) is 11.4 Å². The van der Waals surface area contributed by atoms with E-state index in [-0.39, 0.29) is 11.5 Å². The second kappa shape index (κ2) is 11.5. The van der Waals surface area contributed by atoms with E-state index in [4.69, 9.17) is 14.2 Å². The number of ether oxygens (including phenoxy) is 3. The number of rotatable bonds is 9. The zero-order valence-corrected chi connectivity index (χ0v) is 21.0. The standard InChI is InChI=1S/C26H28F3NO6S/c1-33-22-11-12-23-18(17-22)6-13-24(36-37(31,32)26(27,28)29)25(23)35-21-9-7-20(8-10-21)34-16-14-19-5-3-2-4-15-30-19/h6-13,17,19,30H,2-5,14-16H2,1H3. The maximum absolute atomic E-state index is 13.0. The second-order valence-corrected chi connectivity index (χ2v) is 10.2. The molecule has 4 rings (SSSR count). The Hall–Kier alpha value is -3.18. The molecule has 7 nitrogen and oxygen atoms in total. The van der Waals surface area contributed by atoms with E-state index in [0.29, 0.717) is 34.9 Å². The first-order chi connectivity index (χ1) is 17.7. The second-order valence-electron chi connectivity index (χ2n) is 8.67. The van der Waals surface area contributed by atoms with E-state index in [9.17, 15) is 21.6 Å². The van der Waals surface area contributed by atoms with Crippen LogP contribution in [0.25, 0.3) is 10.8 Å². The normalized spacial score (nSPS) is 16.7. The maximum Gasteiger partial charge on any atom is 0.534 e. The highest BCUT2D eigenvalue weighted by atomic mass is 32.2. The van der Waals surface area contributed by atoms with E-state index in [1.165, 1.54) is 32.4 Å². The molecule has 0 spiro atoms. The van der Waals surface area contributed by atoms with Gasteiger partial charge in [0.05, 0.1) is 13.7 Å². The van der Waals surface area contributed by atoms with Crippen molar-refractivity contribution in [2.45, 2.75) is 43.7 Å². The van der Waals surface area contributed by atoms with Crippen molar-refractivity contribution in [2.24, 2.45) is 0 Å². The SMILES string of the molecule is COc1ccc2c(Oc3ccc(OCCC4CCCCCN4)cc3)c(OS(=O)(=O)C(F)(F)F)ccc2c1. The molecule has 1 fully saturated rings. The van der Waals surface area contributed by atoms with E-state index in [2.05, 4.69) is 9.50 Å². The minimum Gasteiger partial charge on any atom is -0.497 e. The summed E-state index contributed by atoms with van der Waals surface area (Å²) in [5, 5.41) is 4.42. The van der Waals surface area contributed by atoms with Gasteiger partial charge in [0.2, 0.25) is 0 Å². The molecule has 1 atom stereocenters. The number of fused-ring (bicyclic) bond motifs is 1. The number of methoxy groups -OCH3 is 1. The van der Waals surface area contributed by atoms with E-state index in [0.717, 1.165) is 25.5 Å². The molecule has 0 bridgehead atoms. The molecular formula is C26H28F3NO6S. The fraction of sp³-hybridized carbons (Fsp3) is 0.385. The summed E-state index contributed by atoms with van der Waals surface area (Å²) in [5.41, 5.74) is -5.59. The Morgan fingerprint density at radius 1 is 0.946 bits per heavy atom. The third-order valence-electron chi connectivity index (χ3n) is 6.07. The molecule has 37 heavy (non-hydrogen) atoms. The van der Waals surface area contributed by atoms with Crippen LogP contribution in [0.15, 0.2) is 54.6 Å². The van der Waals surface area contributed by atoms with E-state index >= 15 is 0 Å². The highest BCUT2D eigenvalue weighted by Gasteiger charge is 2.49. The third kappa shape index (κ3) is 6.78. The Bertz CT molecular complexity index is 1300. The fourth-order valence-electron chi connectivity index (χ4n) is 4.11. The lowest BCUT2D eigenvalue weighted by atomic mass is 10.1. The summed E-state index contributed by atoms with van der Waals surface area (Å²) in [4.78, 5) is 0. The summed E-state index contributed by atoms with van der Waals surface area (Å²) in [7, 11) is -4.43. The molecule has 1 saturated heterocycles. The molecule has 0 aromatic heterocycles.